The van der Waals surface area contributed by atoms with Crippen LogP contribution < -0.4 is 5.56 Å². The lowest BCUT2D eigenvalue weighted by atomic mass is 10.2. The van der Waals surface area contributed by atoms with E-state index in [0.717, 1.165) is 17.7 Å². The molecule has 0 spiro atoms. The number of thioether (sulfide) groups is 1. The molecule has 2 aromatic rings. The Morgan fingerprint density at radius 1 is 1.32 bits per heavy atom. The molecular formula is C14H15FN2OS. The molecule has 0 amide bonds. The summed E-state index contributed by atoms with van der Waals surface area (Å²) in [5.41, 5.74) is 1.75. The number of hydrogen-bond acceptors (Lipinski definition) is 3. The van der Waals surface area contributed by atoms with E-state index in [4.69, 9.17) is 0 Å². The average molecular weight is 278 g/mol. The Kier molecular flexibility index (Phi) is 4.37. The molecule has 2 rings (SSSR count). The predicted molar refractivity (Wildman–Crippen MR) is 74.8 cm³/mol. The minimum absolute atomic E-state index is 0.0477. The fourth-order valence-corrected chi connectivity index (χ4v) is 2.56. The van der Waals surface area contributed by atoms with E-state index in [2.05, 4.69) is 4.98 Å². The first-order valence-electron chi connectivity index (χ1n) is 6.04. The molecule has 0 saturated heterocycles. The molecular weight excluding hydrogens is 263 g/mol. The van der Waals surface area contributed by atoms with Crippen LogP contribution in [0.15, 0.2) is 40.3 Å². The van der Waals surface area contributed by atoms with Crippen molar-refractivity contribution >= 4 is 11.8 Å². The highest BCUT2D eigenvalue weighted by atomic mass is 32.2. The first kappa shape index (κ1) is 13.8. The molecule has 0 aliphatic heterocycles. The molecule has 1 aromatic carbocycles. The number of rotatable bonds is 4. The van der Waals surface area contributed by atoms with Crippen molar-refractivity contribution in [3.05, 3.63) is 57.8 Å². The fraction of sp³-hybridized carbons (Fsp3) is 0.286. The summed E-state index contributed by atoms with van der Waals surface area (Å²) in [6.45, 7) is 1.97. The van der Waals surface area contributed by atoms with Gasteiger partial charge >= 0.3 is 0 Å². The van der Waals surface area contributed by atoms with E-state index >= 15 is 0 Å². The zero-order chi connectivity index (χ0) is 13.8. The third-order valence-electron chi connectivity index (χ3n) is 2.79. The van der Waals surface area contributed by atoms with Gasteiger partial charge in [0.15, 0.2) is 5.16 Å². The van der Waals surface area contributed by atoms with Crippen molar-refractivity contribution in [3.8, 4) is 0 Å². The molecule has 0 radical (unpaired) electrons. The van der Waals surface area contributed by atoms with Crippen molar-refractivity contribution in [1.29, 1.82) is 0 Å². The second-order valence-electron chi connectivity index (χ2n) is 4.20. The zero-order valence-corrected chi connectivity index (χ0v) is 11.7. The van der Waals surface area contributed by atoms with Gasteiger partial charge in [-0.25, -0.2) is 9.37 Å². The molecule has 1 aromatic heterocycles. The predicted octanol–water partition coefficient (Wildman–Crippen LogP) is 2.77. The molecule has 0 aliphatic rings. The first-order valence-corrected chi connectivity index (χ1v) is 7.03. The van der Waals surface area contributed by atoms with Gasteiger partial charge < -0.3 is 0 Å². The zero-order valence-electron chi connectivity index (χ0n) is 10.9. The molecule has 3 nitrogen and oxygen atoms in total. The number of nitrogens with zero attached hydrogens (tertiary/aromatic N) is 2. The Hall–Kier alpha value is -1.62. The maximum absolute atomic E-state index is 12.8. The summed E-state index contributed by atoms with van der Waals surface area (Å²) in [6.07, 6.45) is 0.736. The van der Waals surface area contributed by atoms with Gasteiger partial charge in [-0.15, -0.1) is 0 Å². The molecule has 100 valence electrons. The Morgan fingerprint density at radius 2 is 2.00 bits per heavy atom. The fourth-order valence-electron chi connectivity index (χ4n) is 1.60. The normalized spacial score (nSPS) is 10.7. The number of hydrogen-bond donors (Lipinski definition) is 0. The third kappa shape index (κ3) is 3.44. The molecule has 0 bridgehead atoms. The number of benzene rings is 1. The first-order chi connectivity index (χ1) is 9.10. The van der Waals surface area contributed by atoms with Crippen LogP contribution in [0.25, 0.3) is 0 Å². The topological polar surface area (TPSA) is 34.9 Å². The van der Waals surface area contributed by atoms with Gasteiger partial charge in [0.2, 0.25) is 0 Å². The van der Waals surface area contributed by atoms with Crippen molar-refractivity contribution in [2.45, 2.75) is 24.3 Å². The van der Waals surface area contributed by atoms with Crippen LogP contribution in [0.1, 0.15) is 18.2 Å². The van der Waals surface area contributed by atoms with Gasteiger partial charge in [-0.2, -0.15) is 0 Å². The molecule has 0 atom stereocenters. The van der Waals surface area contributed by atoms with Crippen LogP contribution in [-0.4, -0.2) is 9.55 Å². The molecule has 0 saturated carbocycles. The highest BCUT2D eigenvalue weighted by Crippen LogP contribution is 2.20. The SMILES string of the molecule is CCc1cc(=O)n(C)c(SCc2ccc(F)cc2)n1. The lowest BCUT2D eigenvalue weighted by Crippen LogP contribution is -2.20. The third-order valence-corrected chi connectivity index (χ3v) is 3.89. The van der Waals surface area contributed by atoms with E-state index in [9.17, 15) is 9.18 Å². The maximum Gasteiger partial charge on any atom is 0.254 e. The van der Waals surface area contributed by atoms with Crippen LogP contribution in [0.2, 0.25) is 0 Å². The van der Waals surface area contributed by atoms with E-state index < -0.39 is 0 Å². The van der Waals surface area contributed by atoms with Crippen LogP contribution in [0.5, 0.6) is 0 Å². The van der Waals surface area contributed by atoms with E-state index in [1.165, 1.54) is 28.5 Å². The molecule has 0 aliphatic carbocycles. The summed E-state index contributed by atoms with van der Waals surface area (Å²) in [7, 11) is 1.71. The Balaban J connectivity index is 2.17. The van der Waals surface area contributed by atoms with Crippen molar-refractivity contribution < 1.29 is 4.39 Å². The second kappa shape index (κ2) is 6.02. The summed E-state index contributed by atoms with van der Waals surface area (Å²) < 4.78 is 14.3. The Bertz CT molecular complexity index is 622. The lowest BCUT2D eigenvalue weighted by Gasteiger charge is -2.08. The van der Waals surface area contributed by atoms with Crippen LogP contribution in [0.4, 0.5) is 4.39 Å². The maximum atomic E-state index is 12.8. The van der Waals surface area contributed by atoms with E-state index in [1.807, 2.05) is 6.92 Å². The van der Waals surface area contributed by atoms with Crippen molar-refractivity contribution in [2.75, 3.05) is 0 Å². The van der Waals surface area contributed by atoms with Crippen molar-refractivity contribution in [2.24, 2.45) is 7.05 Å². The molecule has 19 heavy (non-hydrogen) atoms. The second-order valence-corrected chi connectivity index (χ2v) is 5.14. The van der Waals surface area contributed by atoms with Gasteiger partial charge in [0.25, 0.3) is 5.56 Å². The number of aromatic nitrogens is 2. The Morgan fingerprint density at radius 3 is 2.63 bits per heavy atom. The van der Waals surface area contributed by atoms with Crippen LogP contribution >= 0.6 is 11.8 Å². The van der Waals surface area contributed by atoms with Crippen molar-refractivity contribution in [1.82, 2.24) is 9.55 Å². The van der Waals surface area contributed by atoms with Gasteiger partial charge in [-0.05, 0) is 24.1 Å². The van der Waals surface area contributed by atoms with Gasteiger partial charge in [-0.1, -0.05) is 30.8 Å². The van der Waals surface area contributed by atoms with Gasteiger partial charge in [0.05, 0.1) is 0 Å². The van der Waals surface area contributed by atoms with Crippen LogP contribution in [-0.2, 0) is 19.2 Å². The summed E-state index contributed by atoms with van der Waals surface area (Å²) >= 11 is 1.48. The van der Waals surface area contributed by atoms with Crippen molar-refractivity contribution in [3.63, 3.8) is 0 Å². The highest BCUT2D eigenvalue weighted by Gasteiger charge is 2.06. The standard InChI is InChI=1S/C14H15FN2OS/c1-3-12-8-13(18)17(2)14(16-12)19-9-10-4-6-11(15)7-5-10/h4-8H,3,9H2,1-2H3. The van der Waals surface area contributed by atoms with E-state index in [-0.39, 0.29) is 11.4 Å². The van der Waals surface area contributed by atoms with E-state index in [0.29, 0.717) is 10.9 Å². The molecule has 0 fully saturated rings. The highest BCUT2D eigenvalue weighted by molar-refractivity contribution is 7.98. The largest absolute Gasteiger partial charge is 0.291 e. The number of halogens is 1. The van der Waals surface area contributed by atoms with Gasteiger partial charge in [-0.3, -0.25) is 9.36 Å². The van der Waals surface area contributed by atoms with Crippen LogP contribution in [0.3, 0.4) is 0 Å². The molecule has 0 unspecified atom stereocenters. The summed E-state index contributed by atoms with van der Waals surface area (Å²) in [5, 5.41) is 0.689. The summed E-state index contributed by atoms with van der Waals surface area (Å²) in [5.74, 6) is 0.417. The summed E-state index contributed by atoms with van der Waals surface area (Å²) in [4.78, 5) is 16.2. The lowest BCUT2D eigenvalue weighted by molar-refractivity contribution is 0.627. The van der Waals surface area contributed by atoms with Gasteiger partial charge in [0.1, 0.15) is 5.82 Å². The molecule has 1 heterocycles. The van der Waals surface area contributed by atoms with E-state index in [1.54, 1.807) is 25.2 Å². The Labute approximate surface area is 115 Å². The number of aryl methyl sites for hydroxylation is 1. The molecule has 0 N–H and O–H groups in total. The quantitative estimate of drug-likeness (QED) is 0.637. The smallest absolute Gasteiger partial charge is 0.254 e. The minimum atomic E-state index is -0.243. The van der Waals surface area contributed by atoms with Crippen LogP contribution in [0, 0.1) is 5.82 Å². The summed E-state index contributed by atoms with van der Waals surface area (Å²) in [6, 6.07) is 7.91. The average Bonchev–Trinajstić information content (AvgIpc) is 2.42. The van der Waals surface area contributed by atoms with Gasteiger partial charge in [0, 0.05) is 24.6 Å². The minimum Gasteiger partial charge on any atom is -0.291 e. The monoisotopic (exact) mass is 278 g/mol. The molecule has 5 heteroatoms.